The molecule has 0 bridgehead atoms. The highest BCUT2D eigenvalue weighted by Gasteiger charge is 2.50. The van der Waals surface area contributed by atoms with E-state index in [9.17, 15) is 63.9 Å². The molecule has 2 fully saturated rings. The number of hydrogen-bond acceptors (Lipinski definition) is 16. The zero-order chi connectivity index (χ0) is 46.9. The fraction of sp³-hybridized carbons (Fsp3) is 0.545. The minimum absolute atomic E-state index is 0.0419. The monoisotopic (exact) mass is 895 g/mol. The van der Waals surface area contributed by atoms with E-state index in [2.05, 4.69) is 10.6 Å². The Bertz CT molecular complexity index is 2260. The number of methoxy groups -OCH3 is 1. The van der Waals surface area contributed by atoms with E-state index in [-0.39, 0.29) is 59.7 Å². The molecule has 2 aliphatic carbocycles. The molecule has 346 valence electrons. The number of nitrogens with zero attached hydrogens (tertiary/aromatic N) is 1. The molecule has 20 heteroatoms. The zero-order valence-corrected chi connectivity index (χ0v) is 35.8. The predicted molar refractivity (Wildman–Crippen MR) is 218 cm³/mol. The molecule has 0 unspecified atom stereocenters. The number of aliphatic hydroxyl groups is 3. The largest absolute Gasteiger partial charge is 0.507 e. The fourth-order valence-electron chi connectivity index (χ4n) is 9.11. The standard InChI is InChI=1S/C44H53N3O17/c1-19-21(3)63-32(14-26(19)46-42(59)27-8-6-12-47(27)43(60)20(2)45-41(58)22(17-48)13-23(50)10-11-31(52)53)64-29-16-44(61,30(51)18-49)15-25-34(29)40(57)36-35(38(25)55)37(54)24-7-5-9-28(62-4)33(24)39(36)56/h5,7,9,19-22,26-27,29,32,48-49,55,57,61H,6,8,10-18H2,1-4H3,(H,45,58)(H,46,59)(H,52,53)/t19-,20-,21+,22+,26+,27+,29+,32+,44+/m1/s1. The van der Waals surface area contributed by atoms with Gasteiger partial charge in [-0.3, -0.25) is 38.4 Å². The SMILES string of the molecule is COc1cccc2c1C(=O)c1c(O)c3c(c(O)c1C2=O)C[C@@](O)(C(=O)CO)C[C@@H]3O[C@H]1C[C@H](NC(=O)[C@@H]2CCCN2C(=O)[C@@H](C)NC(=O)[C@H](CO)CC(=O)CCC(=O)O)[C@H](C)[C@H](C)O1. The summed E-state index contributed by atoms with van der Waals surface area (Å²) in [5.41, 5.74) is -4.18. The highest BCUT2D eigenvalue weighted by atomic mass is 16.7. The van der Waals surface area contributed by atoms with Gasteiger partial charge in [-0.2, -0.15) is 0 Å². The predicted octanol–water partition coefficient (Wildman–Crippen LogP) is 0.362. The Labute approximate surface area is 366 Å². The number of carbonyl (C=O) groups is 8. The number of phenolic OH excluding ortho intramolecular Hbond substituents is 2. The van der Waals surface area contributed by atoms with Gasteiger partial charge in [-0.05, 0) is 32.8 Å². The topological polar surface area (TPSA) is 313 Å². The van der Waals surface area contributed by atoms with Crippen LogP contribution in [-0.2, 0) is 44.7 Å². The first-order chi connectivity index (χ1) is 30.3. The van der Waals surface area contributed by atoms with Crippen LogP contribution >= 0.6 is 0 Å². The normalized spacial score (nSPS) is 25.9. The van der Waals surface area contributed by atoms with Crippen molar-refractivity contribution < 1.29 is 83.2 Å². The van der Waals surface area contributed by atoms with E-state index >= 15 is 0 Å². The van der Waals surface area contributed by atoms with Gasteiger partial charge in [0, 0.05) is 67.3 Å². The van der Waals surface area contributed by atoms with E-state index in [1.807, 2.05) is 6.92 Å². The summed E-state index contributed by atoms with van der Waals surface area (Å²) >= 11 is 0. The van der Waals surface area contributed by atoms with Gasteiger partial charge < -0.3 is 60.4 Å². The number of ether oxygens (including phenoxy) is 3. The summed E-state index contributed by atoms with van der Waals surface area (Å²) in [7, 11) is 1.29. The van der Waals surface area contributed by atoms with Crippen LogP contribution in [0.15, 0.2) is 18.2 Å². The van der Waals surface area contributed by atoms with Crippen LogP contribution in [0.3, 0.4) is 0 Å². The Morgan fingerprint density at radius 2 is 1.70 bits per heavy atom. The molecule has 20 nitrogen and oxygen atoms in total. The van der Waals surface area contributed by atoms with Crippen LogP contribution in [0.2, 0.25) is 0 Å². The molecule has 6 rings (SSSR count). The first kappa shape index (κ1) is 47.7. The summed E-state index contributed by atoms with van der Waals surface area (Å²) in [5.74, 6) is -9.40. The van der Waals surface area contributed by atoms with Crippen LogP contribution in [0.25, 0.3) is 0 Å². The van der Waals surface area contributed by atoms with Gasteiger partial charge in [0.25, 0.3) is 0 Å². The number of carboxylic acids is 1. The summed E-state index contributed by atoms with van der Waals surface area (Å²) in [6.45, 7) is 3.28. The van der Waals surface area contributed by atoms with Crippen molar-refractivity contribution in [1.82, 2.24) is 15.5 Å². The lowest BCUT2D eigenvalue weighted by Gasteiger charge is -2.43. The van der Waals surface area contributed by atoms with Gasteiger partial charge in [-0.1, -0.05) is 19.1 Å². The van der Waals surface area contributed by atoms with E-state index in [0.717, 1.165) is 0 Å². The number of nitrogens with one attached hydrogen (secondary N) is 2. The summed E-state index contributed by atoms with van der Waals surface area (Å²) < 4.78 is 17.9. The first-order valence-electron chi connectivity index (χ1n) is 21.1. The Hall–Kier alpha value is -5.80. The van der Waals surface area contributed by atoms with Crippen molar-refractivity contribution in [1.29, 1.82) is 0 Å². The smallest absolute Gasteiger partial charge is 0.303 e. The fourth-order valence-corrected chi connectivity index (χ4v) is 9.11. The molecule has 4 aliphatic rings. The van der Waals surface area contributed by atoms with Gasteiger partial charge in [0.1, 0.15) is 47.3 Å². The number of Topliss-reactive ketones (excluding diaryl/α,β-unsaturated/α-hetero) is 2. The number of ketones is 4. The molecule has 64 heavy (non-hydrogen) atoms. The Morgan fingerprint density at radius 1 is 1.00 bits per heavy atom. The van der Waals surface area contributed by atoms with Crippen molar-refractivity contribution in [3.05, 3.63) is 51.6 Å². The van der Waals surface area contributed by atoms with E-state index in [1.54, 1.807) is 6.92 Å². The molecule has 0 saturated carbocycles. The van der Waals surface area contributed by atoms with Gasteiger partial charge >= 0.3 is 5.97 Å². The number of hydrogen-bond donors (Lipinski definition) is 8. The van der Waals surface area contributed by atoms with Gasteiger partial charge in [0.05, 0.1) is 55.0 Å². The summed E-state index contributed by atoms with van der Waals surface area (Å²) in [6.07, 6.45) is -5.05. The van der Waals surface area contributed by atoms with Crippen LogP contribution in [0, 0.1) is 11.8 Å². The molecule has 2 aromatic rings. The van der Waals surface area contributed by atoms with Crippen molar-refractivity contribution in [2.45, 2.75) is 114 Å². The molecule has 8 N–H and O–H groups in total. The lowest BCUT2D eigenvalue weighted by Crippen LogP contribution is -2.57. The number of amides is 3. The molecule has 3 amide bonds. The van der Waals surface area contributed by atoms with Crippen molar-refractivity contribution in [3.8, 4) is 17.2 Å². The van der Waals surface area contributed by atoms with Crippen LogP contribution in [0.5, 0.6) is 17.2 Å². The number of aliphatic hydroxyl groups excluding tert-OH is 2. The maximum atomic E-state index is 14.0. The lowest BCUT2D eigenvalue weighted by atomic mass is 9.72. The number of aliphatic carboxylic acids is 1. The molecule has 2 aliphatic heterocycles. The highest BCUT2D eigenvalue weighted by Crippen LogP contribution is 2.52. The van der Waals surface area contributed by atoms with Crippen LogP contribution < -0.4 is 15.4 Å². The summed E-state index contributed by atoms with van der Waals surface area (Å²) in [6, 6.07) is 1.49. The van der Waals surface area contributed by atoms with Crippen molar-refractivity contribution in [2.75, 3.05) is 26.9 Å². The number of benzene rings is 2. The van der Waals surface area contributed by atoms with Crippen LogP contribution in [-0.4, -0.2) is 145 Å². The number of fused-ring (bicyclic) bond motifs is 3. The third-order valence-electron chi connectivity index (χ3n) is 12.8. The minimum Gasteiger partial charge on any atom is -0.507 e. The lowest BCUT2D eigenvalue weighted by molar-refractivity contribution is -0.238. The maximum absolute atomic E-state index is 14.0. The third kappa shape index (κ3) is 9.10. The average molecular weight is 896 g/mol. The molecule has 2 aromatic carbocycles. The Morgan fingerprint density at radius 3 is 2.36 bits per heavy atom. The number of phenols is 2. The molecule has 2 saturated heterocycles. The number of rotatable bonds is 16. The Balaban J connectivity index is 1.21. The quantitative estimate of drug-likeness (QED) is 0.0901. The molecule has 0 aromatic heterocycles. The second-order valence-electron chi connectivity index (χ2n) is 16.9. The molecular weight excluding hydrogens is 842 g/mol. The van der Waals surface area contributed by atoms with Crippen molar-refractivity contribution in [3.63, 3.8) is 0 Å². The van der Waals surface area contributed by atoms with Gasteiger partial charge in [-0.15, -0.1) is 0 Å². The van der Waals surface area contributed by atoms with E-state index < -0.39 is 156 Å². The number of carboxylic acid groups (broad SMARTS) is 1. The summed E-state index contributed by atoms with van der Waals surface area (Å²) in [5, 5.41) is 69.1. The zero-order valence-electron chi connectivity index (χ0n) is 35.8. The number of likely N-dealkylation sites (tertiary alicyclic amines) is 1. The number of carbonyl (C=O) groups excluding carboxylic acids is 7. The maximum Gasteiger partial charge on any atom is 0.303 e. The second kappa shape index (κ2) is 19.1. The van der Waals surface area contributed by atoms with E-state index in [4.69, 9.17) is 19.3 Å². The molecular formula is C44H53N3O17. The molecule has 2 heterocycles. The second-order valence-corrected chi connectivity index (χ2v) is 16.9. The van der Waals surface area contributed by atoms with E-state index in [0.29, 0.717) is 6.42 Å². The van der Waals surface area contributed by atoms with Crippen LogP contribution in [0.4, 0.5) is 0 Å². The molecule has 9 atom stereocenters. The number of aromatic hydroxyl groups is 2. The molecule has 0 radical (unpaired) electrons. The third-order valence-corrected chi connectivity index (χ3v) is 12.8. The Kier molecular flexibility index (Phi) is 14.2. The highest BCUT2D eigenvalue weighted by molar-refractivity contribution is 6.31. The average Bonchev–Trinajstić information content (AvgIpc) is 3.76. The first-order valence-corrected chi connectivity index (χ1v) is 21.1. The van der Waals surface area contributed by atoms with Gasteiger partial charge in [0.15, 0.2) is 17.9 Å². The molecule has 0 spiro atoms. The summed E-state index contributed by atoms with van der Waals surface area (Å²) in [4.78, 5) is 106. The van der Waals surface area contributed by atoms with Crippen LogP contribution in [0.1, 0.15) is 115 Å². The van der Waals surface area contributed by atoms with Crippen molar-refractivity contribution in [2.24, 2.45) is 11.8 Å². The van der Waals surface area contributed by atoms with E-state index in [1.165, 1.54) is 37.1 Å². The van der Waals surface area contributed by atoms with Gasteiger partial charge in [-0.25, -0.2) is 0 Å². The van der Waals surface area contributed by atoms with Gasteiger partial charge in [0.2, 0.25) is 23.5 Å². The minimum atomic E-state index is -2.37. The van der Waals surface area contributed by atoms with Crippen molar-refractivity contribution >= 4 is 46.8 Å².